The molecular formula is C44H29N. The predicted octanol–water partition coefficient (Wildman–Crippen LogP) is 11.0. The molecule has 0 N–H and O–H groups in total. The fourth-order valence-electron chi connectivity index (χ4n) is 8.67. The maximum atomic E-state index is 2.53. The molecule has 2 unspecified atom stereocenters. The monoisotopic (exact) mass is 571 g/mol. The van der Waals surface area contributed by atoms with Gasteiger partial charge >= 0.3 is 0 Å². The topological polar surface area (TPSA) is 3.24 Å². The zero-order valence-electron chi connectivity index (χ0n) is 24.7. The highest BCUT2D eigenvalue weighted by atomic mass is 15.2. The standard InChI is InChI=1S/C44H29N/c1-3-14-29(15-4-1)31-26-27-34-38(28-31)44-36-21-9-7-19-33(36)42(34)35-20-13-25-41(43(35)44)45(40-24-12-10-22-37(40)44)39-23-11-8-18-32(39)30-16-5-2-6-17-30/h1-28,42H. The fraction of sp³-hybridized carbons (Fsp3) is 0.0455. The Hall–Kier alpha value is -5.66. The van der Waals surface area contributed by atoms with Gasteiger partial charge in [0.05, 0.1) is 22.5 Å². The first-order valence-corrected chi connectivity index (χ1v) is 15.8. The van der Waals surface area contributed by atoms with Gasteiger partial charge in [0.25, 0.3) is 0 Å². The molecular weight excluding hydrogens is 542 g/mol. The lowest BCUT2D eigenvalue weighted by molar-refractivity contribution is 0.623. The molecule has 3 aliphatic carbocycles. The van der Waals surface area contributed by atoms with E-state index in [1.807, 2.05) is 0 Å². The molecule has 0 amide bonds. The van der Waals surface area contributed by atoms with Crippen LogP contribution in [0.15, 0.2) is 170 Å². The van der Waals surface area contributed by atoms with E-state index < -0.39 is 5.41 Å². The van der Waals surface area contributed by atoms with Gasteiger partial charge in [-0.15, -0.1) is 0 Å². The normalized spacial score (nSPS) is 18.0. The number of hydrogen-bond acceptors (Lipinski definition) is 1. The van der Waals surface area contributed by atoms with Crippen LogP contribution in [0, 0.1) is 0 Å². The summed E-state index contributed by atoms with van der Waals surface area (Å²) in [6, 6.07) is 63.1. The Morgan fingerprint density at radius 1 is 0.378 bits per heavy atom. The van der Waals surface area contributed by atoms with E-state index in [2.05, 4.69) is 175 Å². The zero-order chi connectivity index (χ0) is 29.5. The van der Waals surface area contributed by atoms with Crippen LogP contribution in [0.1, 0.15) is 44.9 Å². The average molecular weight is 572 g/mol. The predicted molar refractivity (Wildman–Crippen MR) is 185 cm³/mol. The van der Waals surface area contributed by atoms with Crippen molar-refractivity contribution in [3.8, 4) is 22.3 Å². The van der Waals surface area contributed by atoms with Gasteiger partial charge in [-0.25, -0.2) is 0 Å². The summed E-state index contributed by atoms with van der Waals surface area (Å²) >= 11 is 0. The molecule has 45 heavy (non-hydrogen) atoms. The lowest BCUT2D eigenvalue weighted by Gasteiger charge is -2.56. The van der Waals surface area contributed by atoms with Crippen LogP contribution in [0.2, 0.25) is 0 Å². The Morgan fingerprint density at radius 3 is 1.80 bits per heavy atom. The molecule has 2 atom stereocenters. The number of hydrogen-bond donors (Lipinski definition) is 0. The molecule has 1 aliphatic heterocycles. The van der Waals surface area contributed by atoms with E-state index in [-0.39, 0.29) is 5.92 Å². The Morgan fingerprint density at radius 2 is 0.978 bits per heavy atom. The molecule has 2 bridgehead atoms. The van der Waals surface area contributed by atoms with Crippen molar-refractivity contribution in [1.82, 2.24) is 0 Å². The number of anilines is 3. The summed E-state index contributed by atoms with van der Waals surface area (Å²) in [5.41, 5.74) is 18.1. The summed E-state index contributed by atoms with van der Waals surface area (Å²) in [7, 11) is 0. The Labute approximate surface area is 263 Å². The summed E-state index contributed by atoms with van der Waals surface area (Å²) in [5, 5.41) is 0. The summed E-state index contributed by atoms with van der Waals surface area (Å²) in [5.74, 6) is 0.189. The Kier molecular flexibility index (Phi) is 5.04. The first-order chi connectivity index (χ1) is 22.4. The van der Waals surface area contributed by atoms with E-state index in [4.69, 9.17) is 0 Å². The molecule has 1 spiro atoms. The lowest BCUT2D eigenvalue weighted by atomic mass is 9.49. The highest BCUT2D eigenvalue weighted by molar-refractivity contribution is 5.97. The van der Waals surface area contributed by atoms with Crippen LogP contribution < -0.4 is 4.90 Å². The lowest BCUT2D eigenvalue weighted by Crippen LogP contribution is -2.46. The SMILES string of the molecule is c1ccc(-c2ccc3c(c2)C24c5ccccc5C3c3cccc(c32)N(c2ccccc2-c2ccccc2)c2ccccc24)cc1. The quantitative estimate of drug-likeness (QED) is 0.204. The van der Waals surface area contributed by atoms with Gasteiger partial charge in [-0.2, -0.15) is 0 Å². The number of para-hydroxylation sites is 2. The molecule has 1 heterocycles. The van der Waals surface area contributed by atoms with Gasteiger partial charge in [-0.1, -0.05) is 146 Å². The highest BCUT2D eigenvalue weighted by Crippen LogP contribution is 2.68. The molecule has 7 aromatic carbocycles. The summed E-state index contributed by atoms with van der Waals surface area (Å²) < 4.78 is 0. The fourth-order valence-corrected chi connectivity index (χ4v) is 8.67. The van der Waals surface area contributed by atoms with Crippen molar-refractivity contribution in [3.63, 3.8) is 0 Å². The largest absolute Gasteiger partial charge is 0.309 e. The van der Waals surface area contributed by atoms with Crippen LogP contribution >= 0.6 is 0 Å². The van der Waals surface area contributed by atoms with Crippen LogP contribution in [0.5, 0.6) is 0 Å². The van der Waals surface area contributed by atoms with Crippen molar-refractivity contribution < 1.29 is 0 Å². The third kappa shape index (κ3) is 3.17. The van der Waals surface area contributed by atoms with E-state index in [1.54, 1.807) is 0 Å². The molecule has 1 heteroatoms. The Bertz CT molecular complexity index is 2280. The molecule has 1 nitrogen and oxygen atoms in total. The minimum absolute atomic E-state index is 0.189. The molecule has 7 aromatic rings. The first-order valence-electron chi connectivity index (χ1n) is 15.8. The van der Waals surface area contributed by atoms with Crippen molar-refractivity contribution in [2.45, 2.75) is 11.3 Å². The number of rotatable bonds is 3. The molecule has 0 radical (unpaired) electrons. The minimum Gasteiger partial charge on any atom is -0.309 e. The summed E-state index contributed by atoms with van der Waals surface area (Å²) in [6.07, 6.45) is 0. The summed E-state index contributed by atoms with van der Waals surface area (Å²) in [6.45, 7) is 0. The van der Waals surface area contributed by atoms with E-state index in [9.17, 15) is 0 Å². The first kappa shape index (κ1) is 24.7. The number of benzene rings is 7. The summed E-state index contributed by atoms with van der Waals surface area (Å²) in [4.78, 5) is 2.53. The molecule has 210 valence electrons. The van der Waals surface area contributed by atoms with Crippen LogP contribution in [-0.4, -0.2) is 0 Å². The number of fused-ring (bicyclic) bond motifs is 1. The minimum atomic E-state index is -0.424. The van der Waals surface area contributed by atoms with Crippen LogP contribution in [0.3, 0.4) is 0 Å². The van der Waals surface area contributed by atoms with Crippen molar-refractivity contribution >= 4 is 17.1 Å². The number of nitrogens with zero attached hydrogens (tertiary/aromatic N) is 1. The molecule has 0 saturated heterocycles. The van der Waals surface area contributed by atoms with Gasteiger partial charge in [-0.3, -0.25) is 0 Å². The van der Waals surface area contributed by atoms with Gasteiger partial charge in [0.15, 0.2) is 0 Å². The highest BCUT2D eigenvalue weighted by Gasteiger charge is 2.57. The van der Waals surface area contributed by atoms with E-state index in [0.29, 0.717) is 0 Å². The third-order valence-corrected chi connectivity index (χ3v) is 10.3. The maximum Gasteiger partial charge on any atom is 0.0751 e. The second-order valence-corrected chi connectivity index (χ2v) is 12.4. The van der Waals surface area contributed by atoms with Gasteiger partial charge < -0.3 is 4.90 Å². The van der Waals surface area contributed by atoms with Crippen LogP contribution in [-0.2, 0) is 5.41 Å². The van der Waals surface area contributed by atoms with Crippen LogP contribution in [0.25, 0.3) is 22.3 Å². The van der Waals surface area contributed by atoms with Gasteiger partial charge in [0, 0.05) is 11.5 Å². The smallest absolute Gasteiger partial charge is 0.0751 e. The van der Waals surface area contributed by atoms with Crippen molar-refractivity contribution in [2.24, 2.45) is 0 Å². The molecule has 11 rings (SSSR count). The van der Waals surface area contributed by atoms with Crippen molar-refractivity contribution in [3.05, 3.63) is 209 Å². The zero-order valence-corrected chi connectivity index (χ0v) is 24.7. The van der Waals surface area contributed by atoms with Gasteiger partial charge in [-0.05, 0) is 79.9 Å². The molecule has 0 fully saturated rings. The molecule has 0 aromatic heterocycles. The molecule has 0 saturated carbocycles. The Balaban J connectivity index is 1.33. The maximum absolute atomic E-state index is 2.53. The van der Waals surface area contributed by atoms with E-state index in [0.717, 1.165) is 0 Å². The third-order valence-electron chi connectivity index (χ3n) is 10.3. The van der Waals surface area contributed by atoms with Crippen LogP contribution in [0.4, 0.5) is 17.1 Å². The van der Waals surface area contributed by atoms with Crippen molar-refractivity contribution in [2.75, 3.05) is 4.90 Å². The second kappa shape index (κ2) is 9.17. The average Bonchev–Trinajstić information content (AvgIpc) is 3.12. The van der Waals surface area contributed by atoms with E-state index >= 15 is 0 Å². The molecule has 4 aliphatic rings. The second-order valence-electron chi connectivity index (χ2n) is 12.4. The van der Waals surface area contributed by atoms with Gasteiger partial charge in [0.2, 0.25) is 0 Å². The van der Waals surface area contributed by atoms with E-state index in [1.165, 1.54) is 78.3 Å². The van der Waals surface area contributed by atoms with Crippen molar-refractivity contribution in [1.29, 1.82) is 0 Å². The van der Waals surface area contributed by atoms with Gasteiger partial charge in [0.1, 0.15) is 0 Å².